The van der Waals surface area contributed by atoms with Crippen LogP contribution in [0, 0.1) is 0 Å². The lowest BCUT2D eigenvalue weighted by atomic mass is 10.1. The predicted molar refractivity (Wildman–Crippen MR) is 104 cm³/mol. The summed E-state index contributed by atoms with van der Waals surface area (Å²) >= 11 is 0. The van der Waals surface area contributed by atoms with Gasteiger partial charge in [0.25, 0.3) is 5.91 Å². The number of piperidine rings is 1. The number of rotatable bonds is 7. The molecule has 0 radical (unpaired) electrons. The number of amides is 2. The van der Waals surface area contributed by atoms with Crippen molar-refractivity contribution in [3.05, 3.63) is 48.2 Å². The minimum Gasteiger partial charge on any atom is -0.375 e. The van der Waals surface area contributed by atoms with Crippen LogP contribution in [0.15, 0.2) is 42.6 Å². The van der Waals surface area contributed by atoms with E-state index in [-0.39, 0.29) is 24.5 Å². The van der Waals surface area contributed by atoms with Gasteiger partial charge in [-0.15, -0.1) is 0 Å². The minimum absolute atomic E-state index is 0.000684. The van der Waals surface area contributed by atoms with Crippen LogP contribution in [0.5, 0.6) is 0 Å². The first-order chi connectivity index (χ1) is 13.6. The topological polar surface area (TPSA) is 85.7 Å². The highest BCUT2D eigenvalue weighted by atomic mass is 16.5. The number of hydrogen-bond acceptors (Lipinski definition) is 5. The number of likely N-dealkylation sites (tertiary alicyclic amines) is 1. The van der Waals surface area contributed by atoms with E-state index < -0.39 is 6.10 Å². The lowest BCUT2D eigenvalue weighted by Gasteiger charge is -2.32. The fraction of sp³-hybridized carbons (Fsp3) is 0.450. The second-order valence-electron chi connectivity index (χ2n) is 6.72. The van der Waals surface area contributed by atoms with Gasteiger partial charge in [-0.05, 0) is 18.4 Å². The molecule has 1 atom stereocenters. The third-order valence-corrected chi connectivity index (χ3v) is 4.93. The number of benzene rings is 1. The molecule has 8 nitrogen and oxygen atoms in total. The largest absolute Gasteiger partial charge is 0.375 e. The molecule has 28 heavy (non-hydrogen) atoms. The molecule has 0 saturated carbocycles. The highest BCUT2D eigenvalue weighted by Crippen LogP contribution is 2.26. The summed E-state index contributed by atoms with van der Waals surface area (Å²) < 4.78 is 12.1. The van der Waals surface area contributed by atoms with Crippen LogP contribution in [-0.2, 0) is 19.1 Å². The summed E-state index contributed by atoms with van der Waals surface area (Å²) in [6.07, 6.45) is 2.51. The number of nitrogens with zero attached hydrogens (tertiary/aromatic N) is 3. The van der Waals surface area contributed by atoms with E-state index in [0.717, 1.165) is 18.4 Å². The Labute approximate surface area is 164 Å². The van der Waals surface area contributed by atoms with E-state index >= 15 is 0 Å². The van der Waals surface area contributed by atoms with Gasteiger partial charge in [0.15, 0.2) is 6.10 Å². The standard InChI is InChI=1S/C20H26N4O4/c1-27-14-18(25)23-12-9-16(10-13-23)24-17(8-11-21-24)22-20(26)19(28-2)15-6-4-3-5-7-15/h3-8,11,16,19H,9-10,12-14H2,1-2H3,(H,22,26). The Balaban J connectivity index is 1.64. The molecule has 1 saturated heterocycles. The van der Waals surface area contributed by atoms with E-state index in [1.165, 1.54) is 14.2 Å². The number of carbonyl (C=O) groups is 2. The average Bonchev–Trinajstić information content (AvgIpc) is 3.17. The summed E-state index contributed by atoms with van der Waals surface area (Å²) in [6, 6.07) is 11.3. The molecule has 1 aliphatic rings. The van der Waals surface area contributed by atoms with E-state index in [2.05, 4.69) is 10.4 Å². The molecule has 0 aliphatic carbocycles. The molecule has 1 unspecified atom stereocenters. The maximum atomic E-state index is 12.7. The summed E-state index contributed by atoms with van der Waals surface area (Å²) in [6.45, 7) is 1.39. The number of hydrogen-bond donors (Lipinski definition) is 1. The Morgan fingerprint density at radius 3 is 2.54 bits per heavy atom. The van der Waals surface area contributed by atoms with Crippen molar-refractivity contribution in [1.82, 2.24) is 14.7 Å². The van der Waals surface area contributed by atoms with E-state index in [4.69, 9.17) is 9.47 Å². The van der Waals surface area contributed by atoms with Gasteiger partial charge in [-0.3, -0.25) is 9.59 Å². The van der Waals surface area contributed by atoms with Crippen molar-refractivity contribution in [3.63, 3.8) is 0 Å². The van der Waals surface area contributed by atoms with Crippen molar-refractivity contribution in [2.24, 2.45) is 0 Å². The molecule has 3 rings (SSSR count). The summed E-state index contributed by atoms with van der Waals surface area (Å²) in [5, 5.41) is 7.32. The first kappa shape index (κ1) is 20.0. The highest BCUT2D eigenvalue weighted by molar-refractivity contribution is 5.94. The fourth-order valence-electron chi connectivity index (χ4n) is 3.49. The molecule has 0 bridgehead atoms. The Morgan fingerprint density at radius 1 is 1.18 bits per heavy atom. The minimum atomic E-state index is -0.696. The number of nitrogens with one attached hydrogen (secondary N) is 1. The molecule has 0 spiro atoms. The van der Waals surface area contributed by atoms with Crippen LogP contribution in [0.4, 0.5) is 5.82 Å². The quantitative estimate of drug-likeness (QED) is 0.787. The van der Waals surface area contributed by atoms with Crippen molar-refractivity contribution in [2.45, 2.75) is 25.0 Å². The number of ether oxygens (including phenoxy) is 2. The Bertz CT molecular complexity index is 785. The third-order valence-electron chi connectivity index (χ3n) is 4.93. The second-order valence-corrected chi connectivity index (χ2v) is 6.72. The summed E-state index contributed by atoms with van der Waals surface area (Å²) in [5.41, 5.74) is 0.790. The maximum absolute atomic E-state index is 12.7. The van der Waals surface area contributed by atoms with Gasteiger partial charge < -0.3 is 19.7 Å². The average molecular weight is 386 g/mol. The maximum Gasteiger partial charge on any atom is 0.259 e. The smallest absolute Gasteiger partial charge is 0.259 e. The second kappa shape index (κ2) is 9.48. The van der Waals surface area contributed by atoms with Gasteiger partial charge in [0.05, 0.1) is 12.2 Å². The van der Waals surface area contributed by atoms with Gasteiger partial charge in [0, 0.05) is 33.4 Å². The fourth-order valence-corrected chi connectivity index (χ4v) is 3.49. The van der Waals surface area contributed by atoms with Gasteiger partial charge >= 0.3 is 0 Å². The van der Waals surface area contributed by atoms with Crippen LogP contribution in [0.3, 0.4) is 0 Å². The van der Waals surface area contributed by atoms with Gasteiger partial charge in [0.1, 0.15) is 12.4 Å². The zero-order valence-corrected chi connectivity index (χ0v) is 16.2. The van der Waals surface area contributed by atoms with Gasteiger partial charge in [-0.25, -0.2) is 4.68 Å². The predicted octanol–water partition coefficient (Wildman–Crippen LogP) is 2.02. The Hall–Kier alpha value is -2.71. The van der Waals surface area contributed by atoms with E-state index in [9.17, 15) is 9.59 Å². The lowest BCUT2D eigenvalue weighted by Crippen LogP contribution is -2.41. The number of aromatic nitrogens is 2. The monoisotopic (exact) mass is 386 g/mol. The molecule has 1 N–H and O–H groups in total. The number of methoxy groups -OCH3 is 2. The lowest BCUT2D eigenvalue weighted by molar-refractivity contribution is -0.136. The van der Waals surface area contributed by atoms with Crippen molar-refractivity contribution < 1.29 is 19.1 Å². The summed E-state index contributed by atoms with van der Waals surface area (Å²) in [5.74, 6) is 0.383. The molecule has 2 amide bonds. The zero-order valence-electron chi connectivity index (χ0n) is 16.2. The molecular formula is C20H26N4O4. The first-order valence-electron chi connectivity index (χ1n) is 9.33. The van der Waals surface area contributed by atoms with Crippen LogP contribution >= 0.6 is 0 Å². The number of anilines is 1. The van der Waals surface area contributed by atoms with Crippen LogP contribution in [0.1, 0.15) is 30.6 Å². The van der Waals surface area contributed by atoms with Gasteiger partial charge in [0.2, 0.25) is 5.91 Å². The molecule has 1 aromatic heterocycles. The molecule has 150 valence electrons. The highest BCUT2D eigenvalue weighted by Gasteiger charge is 2.27. The molecule has 1 aromatic carbocycles. The van der Waals surface area contributed by atoms with Crippen LogP contribution in [0.25, 0.3) is 0 Å². The van der Waals surface area contributed by atoms with Crippen LogP contribution in [0.2, 0.25) is 0 Å². The van der Waals surface area contributed by atoms with Crippen molar-refractivity contribution >= 4 is 17.6 Å². The molecule has 2 heterocycles. The van der Waals surface area contributed by atoms with Gasteiger partial charge in [-0.1, -0.05) is 30.3 Å². The van der Waals surface area contributed by atoms with Crippen LogP contribution < -0.4 is 5.32 Å². The van der Waals surface area contributed by atoms with Crippen molar-refractivity contribution in [3.8, 4) is 0 Å². The summed E-state index contributed by atoms with van der Waals surface area (Å²) in [7, 11) is 3.04. The Kier molecular flexibility index (Phi) is 6.78. The summed E-state index contributed by atoms with van der Waals surface area (Å²) in [4.78, 5) is 26.5. The molecular weight excluding hydrogens is 360 g/mol. The molecule has 8 heteroatoms. The zero-order chi connectivity index (χ0) is 19.9. The van der Waals surface area contributed by atoms with E-state index in [0.29, 0.717) is 18.9 Å². The third kappa shape index (κ3) is 4.58. The van der Waals surface area contributed by atoms with E-state index in [1.54, 1.807) is 17.2 Å². The SMILES string of the molecule is COCC(=O)N1CCC(n2nccc2NC(=O)C(OC)c2ccccc2)CC1. The van der Waals surface area contributed by atoms with Crippen LogP contribution in [-0.4, -0.2) is 60.4 Å². The van der Waals surface area contributed by atoms with Crippen molar-refractivity contribution in [2.75, 3.05) is 39.2 Å². The van der Waals surface area contributed by atoms with E-state index in [1.807, 2.05) is 35.0 Å². The molecule has 1 aliphatic heterocycles. The normalized spacial score (nSPS) is 16.0. The van der Waals surface area contributed by atoms with Crippen molar-refractivity contribution in [1.29, 1.82) is 0 Å². The van der Waals surface area contributed by atoms with Gasteiger partial charge in [-0.2, -0.15) is 5.10 Å². The Morgan fingerprint density at radius 2 is 1.89 bits per heavy atom. The first-order valence-corrected chi connectivity index (χ1v) is 9.33. The molecule has 1 fully saturated rings. The molecule has 2 aromatic rings. The number of carbonyl (C=O) groups excluding carboxylic acids is 2.